The highest BCUT2D eigenvalue weighted by Gasteiger charge is 2.19. The topological polar surface area (TPSA) is 61.9 Å². The van der Waals surface area contributed by atoms with E-state index in [2.05, 4.69) is 29.0 Å². The van der Waals surface area contributed by atoms with Crippen LogP contribution in [0.3, 0.4) is 0 Å². The van der Waals surface area contributed by atoms with Gasteiger partial charge in [-0.2, -0.15) is 0 Å². The van der Waals surface area contributed by atoms with Gasteiger partial charge in [0.05, 0.1) is 0 Å². The van der Waals surface area contributed by atoms with E-state index < -0.39 is 0 Å². The number of amides is 1. The third-order valence-corrected chi connectivity index (χ3v) is 3.41. The summed E-state index contributed by atoms with van der Waals surface area (Å²) in [6.45, 7) is 7.96. The molecule has 0 bridgehead atoms. The lowest BCUT2D eigenvalue weighted by molar-refractivity contribution is 0.0737. The average Bonchev–Trinajstić information content (AvgIpc) is 2.94. The van der Waals surface area contributed by atoms with E-state index in [-0.39, 0.29) is 5.91 Å². The number of nitrogens with one attached hydrogen (secondary N) is 1. The second-order valence-corrected chi connectivity index (χ2v) is 5.17. The van der Waals surface area contributed by atoms with Crippen molar-refractivity contribution in [2.45, 2.75) is 65.7 Å². The van der Waals surface area contributed by atoms with E-state index in [4.69, 9.17) is 0 Å². The van der Waals surface area contributed by atoms with Crippen LogP contribution in [-0.2, 0) is 6.42 Å². The molecule has 0 aliphatic carbocycles. The van der Waals surface area contributed by atoms with Crippen molar-refractivity contribution >= 4 is 5.91 Å². The normalized spacial score (nSPS) is 10.8. The van der Waals surface area contributed by atoms with Crippen LogP contribution in [0.4, 0.5) is 0 Å². The highest BCUT2D eigenvalue weighted by molar-refractivity contribution is 5.90. The zero-order valence-corrected chi connectivity index (χ0v) is 13.1. The Morgan fingerprint density at radius 3 is 2.10 bits per heavy atom. The summed E-state index contributed by atoms with van der Waals surface area (Å²) in [7, 11) is 0. The summed E-state index contributed by atoms with van der Waals surface area (Å²) in [4.78, 5) is 18.6. The second-order valence-electron chi connectivity index (χ2n) is 5.17. The molecule has 0 unspecified atom stereocenters. The molecule has 114 valence electrons. The van der Waals surface area contributed by atoms with Gasteiger partial charge in [0.2, 0.25) is 5.82 Å². The van der Waals surface area contributed by atoms with Crippen LogP contribution in [0.2, 0.25) is 0 Å². The van der Waals surface area contributed by atoms with Crippen molar-refractivity contribution < 1.29 is 4.79 Å². The van der Waals surface area contributed by atoms with Crippen molar-refractivity contribution in [3.05, 3.63) is 11.6 Å². The van der Waals surface area contributed by atoms with E-state index >= 15 is 0 Å². The number of carbonyl (C=O) groups excluding carboxylic acids is 1. The van der Waals surface area contributed by atoms with E-state index in [0.717, 1.165) is 63.9 Å². The zero-order chi connectivity index (χ0) is 14.8. The van der Waals surface area contributed by atoms with Gasteiger partial charge in [0.1, 0.15) is 5.82 Å². The van der Waals surface area contributed by atoms with E-state index in [1.807, 2.05) is 11.8 Å². The molecule has 0 saturated heterocycles. The van der Waals surface area contributed by atoms with Crippen molar-refractivity contribution in [2.75, 3.05) is 13.1 Å². The van der Waals surface area contributed by atoms with Crippen molar-refractivity contribution in [3.63, 3.8) is 0 Å². The van der Waals surface area contributed by atoms with E-state index in [0.29, 0.717) is 5.82 Å². The van der Waals surface area contributed by atoms with Crippen molar-refractivity contribution in [3.8, 4) is 0 Å². The number of aromatic nitrogens is 3. The van der Waals surface area contributed by atoms with Crippen LogP contribution >= 0.6 is 0 Å². The van der Waals surface area contributed by atoms with E-state index in [1.54, 1.807) is 0 Å². The van der Waals surface area contributed by atoms with E-state index in [9.17, 15) is 4.79 Å². The van der Waals surface area contributed by atoms with Gasteiger partial charge >= 0.3 is 0 Å². The summed E-state index contributed by atoms with van der Waals surface area (Å²) in [5.74, 6) is 1.05. The van der Waals surface area contributed by atoms with Crippen molar-refractivity contribution in [1.82, 2.24) is 20.1 Å². The summed E-state index contributed by atoms with van der Waals surface area (Å²) in [5, 5.41) is 6.85. The molecule has 0 aromatic carbocycles. The summed E-state index contributed by atoms with van der Waals surface area (Å²) >= 11 is 0. The SMILES string of the molecule is CCCCCN(CCCCC)C(=O)c1n[nH]c(CC)n1. The van der Waals surface area contributed by atoms with Gasteiger partial charge in [-0.05, 0) is 12.8 Å². The van der Waals surface area contributed by atoms with Crippen molar-refractivity contribution in [1.29, 1.82) is 0 Å². The first kappa shape index (κ1) is 16.7. The predicted octanol–water partition coefficient (Wildman–Crippen LogP) is 3.19. The summed E-state index contributed by atoms with van der Waals surface area (Å²) < 4.78 is 0. The lowest BCUT2D eigenvalue weighted by atomic mass is 10.2. The number of H-pyrrole nitrogens is 1. The van der Waals surface area contributed by atoms with Crippen LogP contribution in [0.1, 0.15) is 75.7 Å². The molecule has 0 atom stereocenters. The number of aromatic amines is 1. The summed E-state index contributed by atoms with van der Waals surface area (Å²) in [5.41, 5.74) is 0. The average molecular weight is 280 g/mol. The van der Waals surface area contributed by atoms with Gasteiger partial charge in [-0.15, -0.1) is 5.10 Å². The number of rotatable bonds is 10. The van der Waals surface area contributed by atoms with Gasteiger partial charge in [-0.3, -0.25) is 9.89 Å². The molecule has 20 heavy (non-hydrogen) atoms. The van der Waals surface area contributed by atoms with Crippen LogP contribution in [0.25, 0.3) is 0 Å². The second kappa shape index (κ2) is 9.50. The quantitative estimate of drug-likeness (QED) is 0.669. The first-order chi connectivity index (χ1) is 9.72. The van der Waals surface area contributed by atoms with Crippen LogP contribution in [0.15, 0.2) is 0 Å². The molecule has 1 amide bonds. The molecule has 1 aromatic rings. The predicted molar refractivity (Wildman–Crippen MR) is 80.7 cm³/mol. The Labute approximate surface area is 122 Å². The largest absolute Gasteiger partial charge is 0.336 e. The molecular weight excluding hydrogens is 252 g/mol. The molecule has 5 nitrogen and oxygen atoms in total. The fourth-order valence-electron chi connectivity index (χ4n) is 2.11. The van der Waals surface area contributed by atoms with Crippen LogP contribution < -0.4 is 0 Å². The molecule has 1 rings (SSSR count). The number of carbonyl (C=O) groups is 1. The highest BCUT2D eigenvalue weighted by Crippen LogP contribution is 2.07. The number of nitrogens with zero attached hydrogens (tertiary/aromatic N) is 3. The smallest absolute Gasteiger partial charge is 0.293 e. The molecule has 1 N–H and O–H groups in total. The molecule has 0 aliphatic rings. The highest BCUT2D eigenvalue weighted by atomic mass is 16.2. The molecule has 1 aromatic heterocycles. The first-order valence-electron chi connectivity index (χ1n) is 7.93. The minimum atomic E-state index is -0.0341. The molecule has 1 heterocycles. The minimum Gasteiger partial charge on any atom is -0.336 e. The summed E-state index contributed by atoms with van der Waals surface area (Å²) in [6, 6.07) is 0. The van der Waals surface area contributed by atoms with Gasteiger partial charge in [0, 0.05) is 19.5 Å². The molecule has 0 radical (unpaired) electrons. The molecule has 0 fully saturated rings. The molecule has 5 heteroatoms. The number of aryl methyl sites for hydroxylation is 1. The van der Waals surface area contributed by atoms with Gasteiger partial charge in [0.15, 0.2) is 0 Å². The molecular formula is C15H28N4O. The molecule has 0 aliphatic heterocycles. The minimum absolute atomic E-state index is 0.0341. The number of unbranched alkanes of at least 4 members (excludes halogenated alkanes) is 4. The Hall–Kier alpha value is -1.39. The first-order valence-corrected chi connectivity index (χ1v) is 7.93. The fourth-order valence-corrected chi connectivity index (χ4v) is 2.11. The van der Waals surface area contributed by atoms with Gasteiger partial charge < -0.3 is 4.90 Å². The third kappa shape index (κ3) is 5.31. The van der Waals surface area contributed by atoms with Gasteiger partial charge in [-0.1, -0.05) is 46.5 Å². The lowest BCUT2D eigenvalue weighted by Crippen LogP contribution is -2.33. The maximum absolute atomic E-state index is 12.4. The van der Waals surface area contributed by atoms with Crippen LogP contribution in [0.5, 0.6) is 0 Å². The van der Waals surface area contributed by atoms with Gasteiger partial charge in [0.25, 0.3) is 5.91 Å². The Balaban J connectivity index is 2.61. The Morgan fingerprint density at radius 2 is 1.65 bits per heavy atom. The third-order valence-electron chi connectivity index (χ3n) is 3.41. The Kier molecular flexibility index (Phi) is 7.92. The number of hydrogen-bond acceptors (Lipinski definition) is 3. The van der Waals surface area contributed by atoms with Crippen LogP contribution in [-0.4, -0.2) is 39.1 Å². The molecule has 0 saturated carbocycles. The maximum Gasteiger partial charge on any atom is 0.293 e. The number of hydrogen-bond donors (Lipinski definition) is 1. The maximum atomic E-state index is 12.4. The fraction of sp³-hybridized carbons (Fsp3) is 0.800. The van der Waals surface area contributed by atoms with E-state index in [1.165, 1.54) is 0 Å². The Morgan fingerprint density at radius 1 is 1.05 bits per heavy atom. The van der Waals surface area contributed by atoms with Crippen LogP contribution in [0, 0.1) is 0 Å². The standard InChI is InChI=1S/C15H28N4O/c1-4-7-9-11-19(12-10-8-5-2)15(20)14-16-13(6-3)17-18-14/h4-12H2,1-3H3,(H,16,17,18). The zero-order valence-electron chi connectivity index (χ0n) is 13.1. The van der Waals surface area contributed by atoms with Crippen molar-refractivity contribution in [2.24, 2.45) is 0 Å². The summed E-state index contributed by atoms with van der Waals surface area (Å²) in [6.07, 6.45) is 7.53. The monoisotopic (exact) mass is 280 g/mol. The Bertz CT molecular complexity index is 379. The lowest BCUT2D eigenvalue weighted by Gasteiger charge is -2.21. The van der Waals surface area contributed by atoms with Gasteiger partial charge in [-0.25, -0.2) is 4.98 Å². The molecule has 0 spiro atoms.